The van der Waals surface area contributed by atoms with E-state index >= 15 is 0 Å². The second-order valence-corrected chi connectivity index (χ2v) is 14.1. The zero-order valence-electron chi connectivity index (χ0n) is 29.9. The molecule has 0 spiro atoms. The number of hydrogen-bond donors (Lipinski definition) is 10. The van der Waals surface area contributed by atoms with Gasteiger partial charge in [0.2, 0.25) is 11.8 Å². The molecule has 20 heteroatoms. The van der Waals surface area contributed by atoms with E-state index in [-0.39, 0.29) is 38.1 Å². The number of nitrogens with one attached hydrogen (secondary N) is 2. The lowest BCUT2D eigenvalue weighted by Crippen LogP contribution is -2.61. The number of anilines is 2. The molecular formula is C35H48N12O8. The Morgan fingerprint density at radius 2 is 1.00 bits per heavy atom. The molecule has 0 bridgehead atoms. The van der Waals surface area contributed by atoms with Crippen LogP contribution >= 0.6 is 0 Å². The van der Waals surface area contributed by atoms with E-state index in [1.54, 1.807) is 36.7 Å². The van der Waals surface area contributed by atoms with Crippen LogP contribution in [-0.2, 0) is 51.8 Å². The summed E-state index contributed by atoms with van der Waals surface area (Å²) in [5.74, 6) is -0.619. The molecule has 10 atom stereocenters. The van der Waals surface area contributed by atoms with Gasteiger partial charge in [0, 0.05) is 35.5 Å². The van der Waals surface area contributed by atoms with Gasteiger partial charge in [0.05, 0.1) is 37.8 Å². The summed E-state index contributed by atoms with van der Waals surface area (Å²) in [7, 11) is 0. The Balaban J connectivity index is 0.904. The van der Waals surface area contributed by atoms with Crippen LogP contribution in [0, 0.1) is 0 Å². The summed E-state index contributed by atoms with van der Waals surface area (Å²) in [6.45, 7) is -0.211. The fourth-order valence-corrected chi connectivity index (χ4v) is 6.69. The lowest BCUT2D eigenvalue weighted by molar-refractivity contribution is -0.132. The Morgan fingerprint density at radius 3 is 1.38 bits per heavy atom. The number of amides is 2. The highest BCUT2D eigenvalue weighted by atomic mass is 16.5. The first-order valence-corrected chi connectivity index (χ1v) is 17.9. The molecule has 0 aliphatic heterocycles. The third kappa shape index (κ3) is 10.3. The van der Waals surface area contributed by atoms with Gasteiger partial charge in [-0.25, -0.2) is 9.36 Å². The van der Waals surface area contributed by atoms with Crippen molar-refractivity contribution in [2.24, 2.45) is 22.9 Å². The van der Waals surface area contributed by atoms with Crippen LogP contribution in [0.4, 0.5) is 11.4 Å². The van der Waals surface area contributed by atoms with Gasteiger partial charge in [0.15, 0.2) is 0 Å². The van der Waals surface area contributed by atoms with Gasteiger partial charge in [-0.05, 0) is 54.7 Å². The predicted molar refractivity (Wildman–Crippen MR) is 195 cm³/mol. The number of aliphatic hydroxyl groups excluding tert-OH is 4. The molecule has 4 aromatic rings. The van der Waals surface area contributed by atoms with Crippen molar-refractivity contribution in [3.63, 3.8) is 0 Å². The molecule has 2 aliphatic rings. The topological polar surface area (TPSA) is 323 Å². The molecule has 2 amide bonds. The summed E-state index contributed by atoms with van der Waals surface area (Å²) in [5, 5.41) is 62.3. The first kappa shape index (κ1) is 39.9. The van der Waals surface area contributed by atoms with Crippen LogP contribution < -0.4 is 33.6 Å². The molecule has 20 nitrogen and oxygen atoms in total. The van der Waals surface area contributed by atoms with E-state index < -0.39 is 60.8 Å². The van der Waals surface area contributed by atoms with Gasteiger partial charge in [0.1, 0.15) is 48.9 Å². The summed E-state index contributed by atoms with van der Waals surface area (Å²) < 4.78 is 14.1. The maximum absolute atomic E-state index is 12.7. The maximum atomic E-state index is 12.7. The zero-order chi connectivity index (χ0) is 39.2. The number of aliphatic hydroxyl groups is 4. The summed E-state index contributed by atoms with van der Waals surface area (Å²) in [6.07, 6.45) is -2.02. The smallest absolute Gasteiger partial charge is 0.246 e. The summed E-state index contributed by atoms with van der Waals surface area (Å²) >= 11 is 0. The highest BCUT2D eigenvalue weighted by Crippen LogP contribution is 2.23. The Labute approximate surface area is 315 Å². The third-order valence-corrected chi connectivity index (χ3v) is 9.70. The van der Waals surface area contributed by atoms with Gasteiger partial charge in [0.25, 0.3) is 0 Å². The molecule has 2 aliphatic carbocycles. The molecular weight excluding hydrogens is 716 g/mol. The molecule has 6 rings (SSSR count). The van der Waals surface area contributed by atoms with E-state index in [0.29, 0.717) is 42.0 Å². The van der Waals surface area contributed by atoms with Crippen molar-refractivity contribution in [2.45, 2.75) is 106 Å². The molecule has 2 heterocycles. The third-order valence-electron chi connectivity index (χ3n) is 9.70. The first-order valence-electron chi connectivity index (χ1n) is 17.9. The van der Waals surface area contributed by atoms with Crippen molar-refractivity contribution in [1.29, 1.82) is 0 Å². The molecule has 2 aromatic carbocycles. The Hall–Kier alpha value is -4.74. The average Bonchev–Trinajstić information content (AvgIpc) is 3.80. The Kier molecular flexibility index (Phi) is 12.9. The van der Waals surface area contributed by atoms with Crippen LogP contribution in [0.1, 0.15) is 35.4 Å². The SMILES string of the molecule is N[C@@H]1C[C@H](N)[C@@H](OCc2cn(CC(=O)Nc3ccc(Cc4ccc(NC(=O)Cn5cc(CO[C@H]6[C@H](O)[C@@H](O)[C@H](N)C[C@@H]6N)nn5)cc4)cc3)nn2)[C@H](O)[C@H]1O. The van der Waals surface area contributed by atoms with Crippen molar-refractivity contribution in [2.75, 3.05) is 10.6 Å². The largest absolute Gasteiger partial charge is 0.389 e. The van der Waals surface area contributed by atoms with Crippen molar-refractivity contribution in [3.05, 3.63) is 83.4 Å². The zero-order valence-corrected chi connectivity index (χ0v) is 29.9. The average molecular weight is 765 g/mol. The number of carbonyl (C=O) groups is 2. The second kappa shape index (κ2) is 17.8. The van der Waals surface area contributed by atoms with E-state index in [4.69, 9.17) is 32.4 Å². The van der Waals surface area contributed by atoms with Crippen molar-refractivity contribution in [1.82, 2.24) is 30.0 Å². The number of nitrogens with two attached hydrogens (primary N) is 4. The van der Waals surface area contributed by atoms with Crippen LogP contribution in [0.2, 0.25) is 0 Å². The first-order chi connectivity index (χ1) is 26.3. The minimum atomic E-state index is -1.22. The molecule has 14 N–H and O–H groups in total. The quantitative estimate of drug-likeness (QED) is 0.0614. The van der Waals surface area contributed by atoms with Gasteiger partial charge in [-0.1, -0.05) is 34.7 Å². The molecule has 296 valence electrons. The van der Waals surface area contributed by atoms with Crippen LogP contribution in [0.15, 0.2) is 60.9 Å². The minimum absolute atomic E-state index is 0.0181. The number of nitrogens with zero attached hydrogens (tertiary/aromatic N) is 6. The molecule has 0 saturated heterocycles. The summed E-state index contributed by atoms with van der Waals surface area (Å²) in [5.41, 5.74) is 27.8. The number of carbonyl (C=O) groups excluding carboxylic acids is 2. The highest BCUT2D eigenvalue weighted by molar-refractivity contribution is 5.91. The normalized spacial score (nSPS) is 28.1. The molecule has 2 fully saturated rings. The van der Waals surface area contributed by atoms with Gasteiger partial charge in [-0.2, -0.15) is 0 Å². The van der Waals surface area contributed by atoms with Gasteiger partial charge in [-0.3, -0.25) is 9.59 Å². The maximum Gasteiger partial charge on any atom is 0.246 e. The second-order valence-electron chi connectivity index (χ2n) is 14.1. The fourth-order valence-electron chi connectivity index (χ4n) is 6.69. The number of benzene rings is 2. The highest BCUT2D eigenvalue weighted by Gasteiger charge is 2.42. The Bertz CT molecular complexity index is 1740. The van der Waals surface area contributed by atoms with E-state index in [2.05, 4.69) is 31.3 Å². The van der Waals surface area contributed by atoms with E-state index in [1.807, 2.05) is 24.3 Å². The van der Waals surface area contributed by atoms with E-state index in [9.17, 15) is 30.0 Å². The Morgan fingerprint density at radius 1 is 0.618 bits per heavy atom. The molecule has 0 unspecified atom stereocenters. The molecule has 0 radical (unpaired) electrons. The molecule has 55 heavy (non-hydrogen) atoms. The van der Waals surface area contributed by atoms with Crippen LogP contribution in [-0.4, -0.2) is 123 Å². The van der Waals surface area contributed by atoms with Crippen LogP contribution in [0.3, 0.4) is 0 Å². The standard InChI is InChI=1S/C35H48N12O8/c36-24-10-26(38)34(32(52)30(24)50)54-16-22-12-46(44-42-22)14-28(48)40-20-5-1-18(2-6-20)9-19-3-7-21(8-4-19)41-29(49)15-47-13-23(43-45-47)17-55-35-27(39)11-25(37)31(51)33(35)53/h1-8,12-13,24-27,30-35,50-53H,9-11,14-17,36-39H2,(H,40,48)(H,41,49)/t24-,25-,26+,27+,30+,31+,32-,33-,34-,35-/m1/s1. The fraction of sp³-hybridized carbons (Fsp3) is 0.486. The van der Waals surface area contributed by atoms with E-state index in [0.717, 1.165) is 11.1 Å². The predicted octanol–water partition coefficient (Wildman–Crippen LogP) is -2.93. The lowest BCUT2D eigenvalue weighted by atomic mass is 9.85. The minimum Gasteiger partial charge on any atom is -0.389 e. The van der Waals surface area contributed by atoms with Gasteiger partial charge in [-0.15, -0.1) is 10.2 Å². The summed E-state index contributed by atoms with van der Waals surface area (Å²) in [4.78, 5) is 25.3. The lowest BCUT2D eigenvalue weighted by Gasteiger charge is -2.39. The number of aromatic nitrogens is 6. The number of ether oxygens (including phenoxy) is 2. The van der Waals surface area contributed by atoms with E-state index in [1.165, 1.54) is 9.36 Å². The number of hydrogen-bond acceptors (Lipinski definition) is 16. The molecule has 2 aromatic heterocycles. The van der Waals surface area contributed by atoms with Gasteiger partial charge < -0.3 is 63.5 Å². The monoisotopic (exact) mass is 764 g/mol. The van der Waals surface area contributed by atoms with Crippen molar-refractivity contribution < 1.29 is 39.5 Å². The van der Waals surface area contributed by atoms with Gasteiger partial charge >= 0.3 is 0 Å². The van der Waals surface area contributed by atoms with Crippen LogP contribution in [0.25, 0.3) is 0 Å². The van der Waals surface area contributed by atoms with Crippen molar-refractivity contribution in [3.8, 4) is 0 Å². The summed E-state index contributed by atoms with van der Waals surface area (Å²) in [6, 6.07) is 12.5. The van der Waals surface area contributed by atoms with Crippen molar-refractivity contribution >= 4 is 23.2 Å². The number of rotatable bonds is 14. The molecule has 2 saturated carbocycles. The van der Waals surface area contributed by atoms with Crippen LogP contribution in [0.5, 0.6) is 0 Å².